The van der Waals surface area contributed by atoms with E-state index in [-0.39, 0.29) is 5.76 Å². The maximum atomic E-state index is 9.52. The summed E-state index contributed by atoms with van der Waals surface area (Å²) in [5.74, 6) is -0.336. The van der Waals surface area contributed by atoms with Crippen molar-refractivity contribution in [1.82, 2.24) is 0 Å². The summed E-state index contributed by atoms with van der Waals surface area (Å²) >= 11 is 0. The summed E-state index contributed by atoms with van der Waals surface area (Å²) in [4.78, 5) is 9.52. The van der Waals surface area contributed by atoms with Crippen molar-refractivity contribution in [2.24, 2.45) is 0 Å². The van der Waals surface area contributed by atoms with E-state index < -0.39 is 0 Å². The van der Waals surface area contributed by atoms with E-state index in [1.165, 1.54) is 0 Å². The lowest BCUT2D eigenvalue weighted by Crippen LogP contribution is -1.71. The van der Waals surface area contributed by atoms with Gasteiger partial charge >= 0.3 is 0 Å². The molecule has 3 heteroatoms. The van der Waals surface area contributed by atoms with Crippen LogP contribution in [0.25, 0.3) is 0 Å². The summed E-state index contributed by atoms with van der Waals surface area (Å²) in [6.07, 6.45) is 3.15. The fourth-order valence-corrected chi connectivity index (χ4v) is 0.181. The van der Waals surface area contributed by atoms with Crippen LogP contribution in [0.15, 0.2) is 24.2 Å². The maximum Gasteiger partial charge on any atom is 0.149 e. The topological polar surface area (TPSA) is 57.5 Å². The molecule has 0 rings (SSSR count). The molecule has 0 saturated carbocycles. The monoisotopic (exact) mass is 114 g/mol. The first kappa shape index (κ1) is 6.75. The van der Waals surface area contributed by atoms with Gasteiger partial charge in [0.25, 0.3) is 0 Å². The van der Waals surface area contributed by atoms with Crippen molar-refractivity contribution < 1.29 is 15.0 Å². The van der Waals surface area contributed by atoms with Gasteiger partial charge in [0, 0.05) is 0 Å². The molecule has 8 heavy (non-hydrogen) atoms. The molecule has 0 aromatic carbocycles. The molecule has 0 bridgehead atoms. The van der Waals surface area contributed by atoms with Gasteiger partial charge in [-0.05, 0) is 12.2 Å². The number of carbonyl (C=O) groups excluding carboxylic acids is 1. The highest BCUT2D eigenvalue weighted by atomic mass is 16.3. The van der Waals surface area contributed by atoms with Gasteiger partial charge in [0.05, 0.1) is 0 Å². The van der Waals surface area contributed by atoms with E-state index in [2.05, 4.69) is 0 Å². The fourth-order valence-electron chi connectivity index (χ4n) is 0.181. The Morgan fingerprint density at radius 3 is 2.50 bits per heavy atom. The van der Waals surface area contributed by atoms with Crippen molar-refractivity contribution in [3.63, 3.8) is 0 Å². The molecule has 0 spiro atoms. The molecule has 2 N–H and O–H groups in total. The number of aliphatic hydroxyl groups excluding tert-OH is 2. The number of rotatable bonds is 2. The van der Waals surface area contributed by atoms with Gasteiger partial charge in [-0.3, -0.25) is 4.79 Å². The lowest BCUT2D eigenvalue weighted by atomic mass is 10.5. The minimum absolute atomic E-state index is 0.336. The van der Waals surface area contributed by atoms with Gasteiger partial charge in [0.2, 0.25) is 0 Å². The first-order chi connectivity index (χ1) is 3.81. The van der Waals surface area contributed by atoms with E-state index >= 15 is 0 Å². The summed E-state index contributed by atoms with van der Waals surface area (Å²) < 4.78 is 0. The SMILES string of the molecule is O=CC=CC(O)=CO. The minimum atomic E-state index is -0.336. The number of carbonyl (C=O) groups is 1. The summed E-state index contributed by atoms with van der Waals surface area (Å²) in [6, 6.07) is 0. The van der Waals surface area contributed by atoms with E-state index in [9.17, 15) is 4.79 Å². The Balaban J connectivity index is 3.69. The Labute approximate surface area is 46.6 Å². The number of aldehydes is 1. The summed E-state index contributed by atoms with van der Waals surface area (Å²) in [5.41, 5.74) is 0. The van der Waals surface area contributed by atoms with Crippen molar-refractivity contribution in [2.75, 3.05) is 0 Å². The van der Waals surface area contributed by atoms with Crippen LogP contribution < -0.4 is 0 Å². The molecule has 0 unspecified atom stereocenters. The van der Waals surface area contributed by atoms with Gasteiger partial charge in [-0.25, -0.2) is 0 Å². The Morgan fingerprint density at radius 1 is 1.50 bits per heavy atom. The van der Waals surface area contributed by atoms with Crippen LogP contribution in [-0.4, -0.2) is 16.5 Å². The number of allylic oxidation sites excluding steroid dienone is 2. The fraction of sp³-hybridized carbons (Fsp3) is 0. The van der Waals surface area contributed by atoms with Crippen molar-refractivity contribution in [1.29, 1.82) is 0 Å². The van der Waals surface area contributed by atoms with Gasteiger partial charge in [0.1, 0.15) is 18.3 Å². The number of aliphatic hydroxyl groups is 2. The third-order valence-electron chi connectivity index (χ3n) is 0.478. The van der Waals surface area contributed by atoms with Gasteiger partial charge in [-0.2, -0.15) is 0 Å². The maximum absolute atomic E-state index is 9.52. The summed E-state index contributed by atoms with van der Waals surface area (Å²) in [6.45, 7) is 0. The molecule has 0 aliphatic heterocycles. The second kappa shape index (κ2) is 3.92. The number of hydrogen-bond donors (Lipinski definition) is 2. The molecule has 0 radical (unpaired) electrons. The number of hydrogen-bond acceptors (Lipinski definition) is 3. The van der Waals surface area contributed by atoms with Crippen molar-refractivity contribution in [2.45, 2.75) is 0 Å². The smallest absolute Gasteiger partial charge is 0.149 e. The molecule has 0 aromatic heterocycles. The van der Waals surface area contributed by atoms with Crippen LogP contribution in [0, 0.1) is 0 Å². The van der Waals surface area contributed by atoms with Crippen LogP contribution >= 0.6 is 0 Å². The summed E-state index contributed by atoms with van der Waals surface area (Å²) in [7, 11) is 0. The van der Waals surface area contributed by atoms with Gasteiger partial charge in [-0.15, -0.1) is 0 Å². The van der Waals surface area contributed by atoms with Crippen LogP contribution in [0.4, 0.5) is 0 Å². The minimum Gasteiger partial charge on any atom is -0.512 e. The average Bonchev–Trinajstić information content (AvgIpc) is 1.83. The lowest BCUT2D eigenvalue weighted by molar-refractivity contribution is -0.104. The molecule has 0 aliphatic carbocycles. The van der Waals surface area contributed by atoms with E-state index in [0.717, 1.165) is 12.2 Å². The van der Waals surface area contributed by atoms with E-state index in [0.29, 0.717) is 12.5 Å². The molecule has 0 atom stereocenters. The van der Waals surface area contributed by atoms with Crippen molar-refractivity contribution in [3.8, 4) is 0 Å². The molecule has 0 heterocycles. The summed E-state index contributed by atoms with van der Waals surface area (Å²) in [5, 5.41) is 16.3. The lowest BCUT2D eigenvalue weighted by Gasteiger charge is -1.80. The first-order valence-electron chi connectivity index (χ1n) is 1.96. The van der Waals surface area contributed by atoms with Gasteiger partial charge < -0.3 is 10.2 Å². The third-order valence-corrected chi connectivity index (χ3v) is 0.478. The van der Waals surface area contributed by atoms with Crippen LogP contribution in [-0.2, 0) is 4.79 Å². The highest BCUT2D eigenvalue weighted by Gasteiger charge is 1.77. The van der Waals surface area contributed by atoms with Crippen LogP contribution in [0.5, 0.6) is 0 Å². The second-order valence-corrected chi connectivity index (χ2v) is 1.05. The van der Waals surface area contributed by atoms with E-state index in [1.807, 2.05) is 0 Å². The Bertz CT molecular complexity index is 124. The molecular formula is C5H6O3. The first-order valence-corrected chi connectivity index (χ1v) is 1.96. The molecule has 44 valence electrons. The quantitative estimate of drug-likeness (QED) is 0.240. The molecule has 0 saturated heterocycles. The second-order valence-electron chi connectivity index (χ2n) is 1.05. The van der Waals surface area contributed by atoms with Crippen molar-refractivity contribution in [3.05, 3.63) is 24.2 Å². The zero-order chi connectivity index (χ0) is 6.41. The van der Waals surface area contributed by atoms with Crippen molar-refractivity contribution >= 4 is 6.29 Å². The Kier molecular flexibility index (Phi) is 3.31. The van der Waals surface area contributed by atoms with Crippen LogP contribution in [0.3, 0.4) is 0 Å². The highest BCUT2D eigenvalue weighted by Crippen LogP contribution is 1.84. The Morgan fingerprint density at radius 2 is 2.12 bits per heavy atom. The zero-order valence-electron chi connectivity index (χ0n) is 4.11. The predicted molar refractivity (Wildman–Crippen MR) is 28.5 cm³/mol. The molecule has 3 nitrogen and oxygen atoms in total. The molecule has 0 amide bonds. The normalized spacial score (nSPS) is 12.2. The van der Waals surface area contributed by atoms with Gasteiger partial charge in [0.15, 0.2) is 0 Å². The average molecular weight is 114 g/mol. The van der Waals surface area contributed by atoms with Gasteiger partial charge in [-0.1, -0.05) is 0 Å². The van der Waals surface area contributed by atoms with E-state index in [1.54, 1.807) is 0 Å². The molecule has 0 fully saturated rings. The molecule has 0 aromatic rings. The Hall–Kier alpha value is -1.25. The zero-order valence-corrected chi connectivity index (χ0v) is 4.11. The van der Waals surface area contributed by atoms with E-state index in [4.69, 9.17) is 10.2 Å². The standard InChI is InChI=1S/C5H6O3/c6-3-1-2-5(8)4-7/h1-4,7-8H. The van der Waals surface area contributed by atoms with Crippen LogP contribution in [0.1, 0.15) is 0 Å². The largest absolute Gasteiger partial charge is 0.512 e. The molecular weight excluding hydrogens is 108 g/mol. The predicted octanol–water partition coefficient (Wildman–Crippen LogP) is 0.699. The molecule has 0 aliphatic rings. The van der Waals surface area contributed by atoms with Crippen LogP contribution in [0.2, 0.25) is 0 Å². The third kappa shape index (κ3) is 2.96. The highest BCUT2D eigenvalue weighted by molar-refractivity contribution is 5.65.